The molecule has 1 saturated carbocycles. The fraction of sp³-hybridized carbons (Fsp3) is 0.630. The van der Waals surface area contributed by atoms with E-state index in [4.69, 9.17) is 9.47 Å². The molecule has 6 nitrogen and oxygen atoms in total. The number of carbonyl (C=O) groups excluding carboxylic acids is 2. The van der Waals surface area contributed by atoms with Crippen molar-refractivity contribution in [3.8, 4) is 11.5 Å². The topological polar surface area (TPSA) is 59.1 Å². The van der Waals surface area contributed by atoms with Crippen LogP contribution < -0.4 is 9.47 Å². The molecule has 180 valence electrons. The van der Waals surface area contributed by atoms with Crippen LogP contribution in [0.3, 0.4) is 0 Å². The van der Waals surface area contributed by atoms with Gasteiger partial charge in [-0.05, 0) is 69.8 Å². The number of hydrogen-bond acceptors (Lipinski definition) is 4. The van der Waals surface area contributed by atoms with Gasteiger partial charge in [-0.1, -0.05) is 30.7 Å². The molecule has 1 aromatic carbocycles. The van der Waals surface area contributed by atoms with Crippen LogP contribution >= 0.6 is 0 Å². The van der Waals surface area contributed by atoms with Gasteiger partial charge in [0.2, 0.25) is 5.91 Å². The molecule has 0 N–H and O–H groups in total. The lowest BCUT2D eigenvalue weighted by Crippen LogP contribution is -2.58. The van der Waals surface area contributed by atoms with E-state index in [1.54, 1.807) is 19.1 Å². The largest absolute Gasteiger partial charge is 0.493 e. The van der Waals surface area contributed by atoms with Crippen LogP contribution in [0.4, 0.5) is 0 Å². The summed E-state index contributed by atoms with van der Waals surface area (Å²) >= 11 is 0. The van der Waals surface area contributed by atoms with Crippen molar-refractivity contribution in [2.45, 2.75) is 76.8 Å². The van der Waals surface area contributed by atoms with E-state index >= 15 is 0 Å². The Morgan fingerprint density at radius 2 is 1.82 bits per heavy atom. The maximum absolute atomic E-state index is 14.0. The molecule has 2 fully saturated rings. The molecule has 33 heavy (non-hydrogen) atoms. The van der Waals surface area contributed by atoms with Crippen LogP contribution in [0.5, 0.6) is 11.5 Å². The molecule has 3 aliphatic rings. The van der Waals surface area contributed by atoms with Crippen LogP contribution in [0.15, 0.2) is 29.8 Å². The Balaban J connectivity index is 1.66. The third kappa shape index (κ3) is 5.04. The zero-order chi connectivity index (χ0) is 23.4. The fourth-order valence-electron chi connectivity index (χ4n) is 5.69. The minimum atomic E-state index is -0.681. The van der Waals surface area contributed by atoms with Gasteiger partial charge in [0.15, 0.2) is 11.5 Å². The number of amides is 2. The number of para-hydroxylation sites is 1. The predicted octanol–water partition coefficient (Wildman–Crippen LogP) is 4.88. The van der Waals surface area contributed by atoms with Crippen molar-refractivity contribution in [2.24, 2.45) is 5.92 Å². The van der Waals surface area contributed by atoms with Gasteiger partial charge in [-0.15, -0.1) is 0 Å². The first-order valence-corrected chi connectivity index (χ1v) is 12.5. The second kappa shape index (κ2) is 10.6. The molecule has 1 unspecified atom stereocenters. The molecule has 1 atom stereocenters. The molecule has 6 heteroatoms. The highest BCUT2D eigenvalue weighted by Crippen LogP contribution is 2.41. The van der Waals surface area contributed by atoms with Gasteiger partial charge in [0, 0.05) is 18.2 Å². The SMILES string of the molecule is COc1cccc(C2C(=O)N(C3CCC(C)CC3)CC(=O)N2CCC2=CCCCC2)c1OC. The van der Waals surface area contributed by atoms with E-state index in [1.807, 2.05) is 23.1 Å². The van der Waals surface area contributed by atoms with Crippen LogP contribution in [-0.2, 0) is 9.59 Å². The Labute approximate surface area is 197 Å². The van der Waals surface area contributed by atoms with Crippen LogP contribution in [0.2, 0.25) is 0 Å². The summed E-state index contributed by atoms with van der Waals surface area (Å²) in [6.07, 6.45) is 11.9. The highest BCUT2D eigenvalue weighted by atomic mass is 16.5. The summed E-state index contributed by atoms with van der Waals surface area (Å²) < 4.78 is 11.2. The number of methoxy groups -OCH3 is 2. The number of ether oxygens (including phenoxy) is 2. The van der Waals surface area contributed by atoms with Crippen LogP contribution in [0, 0.1) is 5.92 Å². The van der Waals surface area contributed by atoms with Crippen LogP contribution in [0.25, 0.3) is 0 Å². The van der Waals surface area contributed by atoms with Crippen molar-refractivity contribution < 1.29 is 19.1 Å². The van der Waals surface area contributed by atoms with Crippen molar-refractivity contribution in [1.82, 2.24) is 9.80 Å². The molecule has 1 heterocycles. The third-order valence-corrected chi connectivity index (χ3v) is 7.67. The number of hydrogen-bond donors (Lipinski definition) is 0. The van der Waals surface area contributed by atoms with Gasteiger partial charge in [0.25, 0.3) is 5.91 Å². The highest BCUT2D eigenvalue weighted by molar-refractivity contribution is 5.96. The Kier molecular flexibility index (Phi) is 7.61. The summed E-state index contributed by atoms with van der Waals surface area (Å²) in [5.74, 6) is 1.84. The second-order valence-corrected chi connectivity index (χ2v) is 9.81. The quantitative estimate of drug-likeness (QED) is 0.551. The minimum Gasteiger partial charge on any atom is -0.493 e. The average molecular weight is 455 g/mol. The number of nitrogens with zero attached hydrogens (tertiary/aromatic N) is 2. The maximum atomic E-state index is 14.0. The van der Waals surface area contributed by atoms with Gasteiger partial charge in [-0.3, -0.25) is 9.59 Å². The van der Waals surface area contributed by atoms with Crippen LogP contribution in [-0.4, -0.2) is 55.0 Å². The summed E-state index contributed by atoms with van der Waals surface area (Å²) in [7, 11) is 3.19. The lowest BCUT2D eigenvalue weighted by molar-refractivity contribution is -0.159. The van der Waals surface area contributed by atoms with Gasteiger partial charge in [-0.25, -0.2) is 0 Å². The lowest BCUT2D eigenvalue weighted by Gasteiger charge is -2.45. The molecule has 4 rings (SSSR count). The predicted molar refractivity (Wildman–Crippen MR) is 128 cm³/mol. The van der Waals surface area contributed by atoms with Crippen molar-refractivity contribution >= 4 is 11.8 Å². The van der Waals surface area contributed by atoms with Crippen molar-refractivity contribution in [1.29, 1.82) is 0 Å². The summed E-state index contributed by atoms with van der Waals surface area (Å²) in [6, 6.07) is 5.06. The Hall–Kier alpha value is -2.50. The molecule has 0 radical (unpaired) electrons. The first kappa shape index (κ1) is 23.7. The third-order valence-electron chi connectivity index (χ3n) is 7.67. The summed E-state index contributed by atoms with van der Waals surface area (Å²) in [5.41, 5.74) is 2.11. The van der Waals surface area contributed by atoms with Crippen LogP contribution in [0.1, 0.15) is 76.3 Å². The maximum Gasteiger partial charge on any atom is 0.250 e. The molecular weight excluding hydrogens is 416 g/mol. The Morgan fingerprint density at radius 1 is 1.03 bits per heavy atom. The highest BCUT2D eigenvalue weighted by Gasteiger charge is 2.44. The molecular formula is C27H38N2O4. The van der Waals surface area contributed by atoms with E-state index in [0.717, 1.165) is 44.9 Å². The van der Waals surface area contributed by atoms with E-state index in [2.05, 4.69) is 13.0 Å². The zero-order valence-corrected chi connectivity index (χ0v) is 20.3. The normalized spacial score (nSPS) is 26.3. The standard InChI is InChI=1S/C27H38N2O4/c1-19-12-14-21(15-13-19)29-18-24(30)28(17-16-20-8-5-4-6-9-20)25(27(29)31)22-10-7-11-23(32-2)26(22)33-3/h7-8,10-11,19,21,25H,4-6,9,12-18H2,1-3H3. The molecule has 0 bridgehead atoms. The molecule has 1 aromatic rings. The average Bonchev–Trinajstić information content (AvgIpc) is 2.85. The Morgan fingerprint density at radius 3 is 2.48 bits per heavy atom. The van der Waals surface area contributed by atoms with E-state index in [1.165, 1.54) is 18.4 Å². The zero-order valence-electron chi connectivity index (χ0n) is 20.3. The van der Waals surface area contributed by atoms with Gasteiger partial charge in [-0.2, -0.15) is 0 Å². The number of rotatable bonds is 7. The van der Waals surface area contributed by atoms with Gasteiger partial charge in [0.05, 0.1) is 14.2 Å². The fourth-order valence-corrected chi connectivity index (χ4v) is 5.69. The summed E-state index contributed by atoms with van der Waals surface area (Å²) in [6.45, 7) is 3.00. The summed E-state index contributed by atoms with van der Waals surface area (Å²) in [4.78, 5) is 31.2. The van der Waals surface area contributed by atoms with Crippen molar-refractivity contribution in [3.05, 3.63) is 35.4 Å². The molecule has 1 aliphatic heterocycles. The minimum absolute atomic E-state index is 0.0123. The second-order valence-electron chi connectivity index (χ2n) is 9.81. The van der Waals surface area contributed by atoms with E-state index < -0.39 is 6.04 Å². The van der Waals surface area contributed by atoms with E-state index in [9.17, 15) is 9.59 Å². The Bertz CT molecular complexity index is 888. The van der Waals surface area contributed by atoms with Gasteiger partial charge >= 0.3 is 0 Å². The molecule has 0 spiro atoms. The van der Waals surface area contributed by atoms with Crippen molar-refractivity contribution in [3.63, 3.8) is 0 Å². The summed E-state index contributed by atoms with van der Waals surface area (Å²) in [5, 5.41) is 0. The van der Waals surface area contributed by atoms with E-state index in [0.29, 0.717) is 29.5 Å². The number of piperazine rings is 1. The number of allylic oxidation sites excluding steroid dienone is 1. The first-order valence-electron chi connectivity index (χ1n) is 12.5. The first-order chi connectivity index (χ1) is 16.0. The number of benzene rings is 1. The van der Waals surface area contributed by atoms with Crippen molar-refractivity contribution in [2.75, 3.05) is 27.3 Å². The lowest BCUT2D eigenvalue weighted by atomic mass is 9.85. The molecule has 2 amide bonds. The smallest absolute Gasteiger partial charge is 0.250 e. The molecule has 2 aliphatic carbocycles. The van der Waals surface area contributed by atoms with Gasteiger partial charge in [0.1, 0.15) is 12.6 Å². The van der Waals surface area contributed by atoms with Gasteiger partial charge < -0.3 is 19.3 Å². The van der Waals surface area contributed by atoms with E-state index in [-0.39, 0.29) is 24.4 Å². The molecule has 0 aromatic heterocycles. The monoisotopic (exact) mass is 454 g/mol. The molecule has 1 saturated heterocycles. The number of carbonyl (C=O) groups is 2.